The molecule has 3 amide bonds. The molecule has 0 aliphatic carbocycles. The third-order valence-electron chi connectivity index (χ3n) is 6.43. The summed E-state index contributed by atoms with van der Waals surface area (Å²) in [5, 5.41) is 25.8. The molecule has 12 nitrogen and oxygen atoms in total. The summed E-state index contributed by atoms with van der Waals surface area (Å²) in [6, 6.07) is 4.79. The van der Waals surface area contributed by atoms with Crippen molar-refractivity contribution in [2.45, 2.75) is 37.4 Å². The molecule has 41 heavy (non-hydrogen) atoms. The second kappa shape index (κ2) is 13.9. The van der Waals surface area contributed by atoms with Crippen molar-refractivity contribution >= 4 is 36.0 Å². The average molecular weight is 580 g/mol. The largest absolute Gasteiger partial charge is 0.491 e. The van der Waals surface area contributed by atoms with Crippen LogP contribution in [-0.4, -0.2) is 78.1 Å². The number of carbonyl (C=O) groups is 3. The first-order chi connectivity index (χ1) is 19.3. The first-order valence-corrected chi connectivity index (χ1v) is 12.7. The van der Waals surface area contributed by atoms with Crippen LogP contribution >= 0.6 is 0 Å². The van der Waals surface area contributed by atoms with Crippen LogP contribution in [-0.2, 0) is 31.8 Å². The van der Waals surface area contributed by atoms with Crippen molar-refractivity contribution in [3.05, 3.63) is 59.2 Å². The van der Waals surface area contributed by atoms with E-state index in [-0.39, 0.29) is 44.0 Å². The second-order valence-corrected chi connectivity index (χ2v) is 9.39. The smallest absolute Gasteiger partial charge is 0.423 e. The minimum atomic E-state index is -4.63. The van der Waals surface area contributed by atoms with Crippen LogP contribution < -0.4 is 33.3 Å². The molecular formula is C25H32BF3N6O6. The maximum Gasteiger partial charge on any atom is 0.491 e. The number of halogens is 3. The number of fused-ring (bicyclic) bond motifs is 1. The Balaban J connectivity index is 1.82. The molecule has 0 aromatic heterocycles. The van der Waals surface area contributed by atoms with Crippen LogP contribution in [0.3, 0.4) is 0 Å². The molecule has 0 saturated carbocycles. The molecule has 1 unspecified atom stereocenters. The fraction of sp³-hybridized carbons (Fsp3) is 0.400. The van der Waals surface area contributed by atoms with E-state index in [4.69, 9.17) is 21.9 Å². The fourth-order valence-electron chi connectivity index (χ4n) is 4.21. The monoisotopic (exact) mass is 580 g/mol. The normalized spacial score (nSPS) is 15.1. The molecule has 3 rings (SSSR count). The molecule has 0 saturated heterocycles. The second-order valence-electron chi connectivity index (χ2n) is 9.39. The van der Waals surface area contributed by atoms with Gasteiger partial charge < -0.3 is 47.5 Å². The van der Waals surface area contributed by atoms with Crippen molar-refractivity contribution in [2.24, 2.45) is 17.2 Å². The molecule has 3 atom stereocenters. The van der Waals surface area contributed by atoms with Gasteiger partial charge in [-0.15, -0.1) is 0 Å². The quantitative estimate of drug-likeness (QED) is 0.146. The average Bonchev–Trinajstić information content (AvgIpc) is 3.30. The highest BCUT2D eigenvalue weighted by atomic mass is 19.4. The lowest BCUT2D eigenvalue weighted by atomic mass is 9.79. The van der Waals surface area contributed by atoms with Gasteiger partial charge in [0.2, 0.25) is 17.7 Å². The predicted molar refractivity (Wildman–Crippen MR) is 143 cm³/mol. The predicted octanol–water partition coefficient (Wildman–Crippen LogP) is -1.46. The summed E-state index contributed by atoms with van der Waals surface area (Å²) >= 11 is 0. The number of aliphatic hydroxyl groups excluding tert-OH is 1. The number of alkyl halides is 3. The van der Waals surface area contributed by atoms with Gasteiger partial charge in [0.1, 0.15) is 12.1 Å². The van der Waals surface area contributed by atoms with Crippen LogP contribution in [0.5, 0.6) is 0 Å². The van der Waals surface area contributed by atoms with Crippen LogP contribution in [0.15, 0.2) is 42.5 Å². The number of nitrogens with one attached hydrogen (secondary N) is 2. The fourth-order valence-corrected chi connectivity index (χ4v) is 4.21. The molecule has 1 aliphatic heterocycles. The standard InChI is InChI=1S/C25H32BF3N6O6/c27-25(28,29)16-4-1-14(2-5-16)22(37)21(24(39)33-17-6-3-15-13-41-26(40)18(15)11-17)34-23(38)19(32)12-20(36)35(9-7-30)10-8-31/h1-6,11,19,21-22,37,40H,7-10,12-13,30-32H2,(H,33,39)(H,34,38)/t19?,21-,22+/m0/s1. The summed E-state index contributed by atoms with van der Waals surface area (Å²) in [4.78, 5) is 40.2. The number of amides is 3. The Kier molecular flexibility index (Phi) is 10.8. The number of hydrogen-bond acceptors (Lipinski definition) is 9. The SMILES string of the molecule is NCCN(CCN)C(=O)CC(N)C(=O)N[C@H](C(=O)Nc1ccc2c(c1)B(O)OC2)[C@H](O)c1ccc(C(F)(F)F)cc1. The Morgan fingerprint density at radius 3 is 2.27 bits per heavy atom. The molecule has 222 valence electrons. The summed E-state index contributed by atoms with van der Waals surface area (Å²) in [5.41, 5.74) is 17.2. The van der Waals surface area contributed by atoms with Gasteiger partial charge in [-0.25, -0.2) is 0 Å². The van der Waals surface area contributed by atoms with E-state index in [1.54, 1.807) is 6.07 Å². The van der Waals surface area contributed by atoms with Crippen LogP contribution in [0.2, 0.25) is 0 Å². The van der Waals surface area contributed by atoms with E-state index in [1.807, 2.05) is 0 Å². The van der Waals surface area contributed by atoms with E-state index in [1.165, 1.54) is 17.0 Å². The highest BCUT2D eigenvalue weighted by Gasteiger charge is 2.35. The van der Waals surface area contributed by atoms with Crippen molar-refractivity contribution in [1.82, 2.24) is 10.2 Å². The lowest BCUT2D eigenvalue weighted by molar-refractivity contribution is -0.137. The van der Waals surface area contributed by atoms with Crippen molar-refractivity contribution in [1.29, 1.82) is 0 Å². The Labute approximate surface area is 234 Å². The number of rotatable bonds is 12. The van der Waals surface area contributed by atoms with Gasteiger partial charge in [-0.05, 0) is 40.9 Å². The van der Waals surface area contributed by atoms with Crippen LogP contribution in [0.25, 0.3) is 0 Å². The van der Waals surface area contributed by atoms with Crippen molar-refractivity contribution < 1.29 is 42.3 Å². The molecule has 1 heterocycles. The summed E-state index contributed by atoms with van der Waals surface area (Å²) in [6.07, 6.45) is -6.89. The van der Waals surface area contributed by atoms with Gasteiger partial charge in [0.05, 0.1) is 24.6 Å². The van der Waals surface area contributed by atoms with Gasteiger partial charge in [0.25, 0.3) is 0 Å². The van der Waals surface area contributed by atoms with E-state index in [0.29, 0.717) is 11.0 Å². The molecule has 0 bridgehead atoms. The lowest BCUT2D eigenvalue weighted by Crippen LogP contribution is -2.53. The number of carbonyl (C=O) groups excluding carboxylic acids is 3. The van der Waals surface area contributed by atoms with Gasteiger partial charge in [-0.3, -0.25) is 14.4 Å². The number of nitrogens with zero attached hydrogens (tertiary/aromatic N) is 1. The molecule has 0 radical (unpaired) electrons. The number of anilines is 1. The van der Waals surface area contributed by atoms with Crippen LogP contribution in [0.4, 0.5) is 18.9 Å². The van der Waals surface area contributed by atoms with Gasteiger partial charge in [0, 0.05) is 31.9 Å². The zero-order valence-corrected chi connectivity index (χ0v) is 21.9. The maximum absolute atomic E-state index is 13.3. The zero-order valence-electron chi connectivity index (χ0n) is 21.9. The molecule has 0 spiro atoms. The summed E-state index contributed by atoms with van der Waals surface area (Å²) in [6.45, 7) is 0.840. The van der Waals surface area contributed by atoms with Crippen molar-refractivity contribution in [3.63, 3.8) is 0 Å². The van der Waals surface area contributed by atoms with Gasteiger partial charge in [-0.2, -0.15) is 13.2 Å². The minimum Gasteiger partial charge on any atom is -0.423 e. The number of hydrogen-bond donors (Lipinski definition) is 7. The molecular weight excluding hydrogens is 548 g/mol. The van der Waals surface area contributed by atoms with Crippen molar-refractivity contribution in [3.8, 4) is 0 Å². The Hall–Kier alpha value is -3.54. The van der Waals surface area contributed by atoms with Gasteiger partial charge in [0.15, 0.2) is 0 Å². The Morgan fingerprint density at radius 2 is 1.68 bits per heavy atom. The maximum atomic E-state index is 13.3. The van der Waals surface area contributed by atoms with Gasteiger partial charge >= 0.3 is 13.3 Å². The van der Waals surface area contributed by atoms with Gasteiger partial charge in [-0.1, -0.05) is 18.2 Å². The highest BCUT2D eigenvalue weighted by Crippen LogP contribution is 2.30. The summed E-state index contributed by atoms with van der Waals surface area (Å²) in [5.74, 6) is -2.42. The Morgan fingerprint density at radius 1 is 1.05 bits per heavy atom. The van der Waals surface area contributed by atoms with Crippen LogP contribution in [0.1, 0.15) is 29.2 Å². The highest BCUT2D eigenvalue weighted by molar-refractivity contribution is 6.61. The zero-order chi connectivity index (χ0) is 30.3. The molecule has 16 heteroatoms. The lowest BCUT2D eigenvalue weighted by Gasteiger charge is -2.26. The van der Waals surface area contributed by atoms with Crippen molar-refractivity contribution in [2.75, 3.05) is 31.5 Å². The third-order valence-corrected chi connectivity index (χ3v) is 6.43. The van der Waals surface area contributed by atoms with E-state index in [2.05, 4.69) is 10.6 Å². The molecule has 1 aliphatic rings. The molecule has 0 fully saturated rings. The Bertz CT molecular complexity index is 1230. The van der Waals surface area contributed by atoms with Crippen LogP contribution in [0, 0.1) is 0 Å². The number of benzene rings is 2. The van der Waals surface area contributed by atoms with E-state index >= 15 is 0 Å². The summed E-state index contributed by atoms with van der Waals surface area (Å²) < 4.78 is 44.2. The minimum absolute atomic E-state index is 0.0991. The van der Waals surface area contributed by atoms with E-state index in [9.17, 15) is 37.7 Å². The van der Waals surface area contributed by atoms with E-state index in [0.717, 1.165) is 24.3 Å². The molecule has 2 aromatic carbocycles. The number of nitrogens with two attached hydrogens (primary N) is 3. The van der Waals surface area contributed by atoms with E-state index < -0.39 is 61.2 Å². The topological polar surface area (TPSA) is 206 Å². The first kappa shape index (κ1) is 32.0. The first-order valence-electron chi connectivity index (χ1n) is 12.7. The number of aliphatic hydroxyl groups is 1. The molecule has 2 aromatic rings. The summed E-state index contributed by atoms with van der Waals surface area (Å²) in [7, 11) is -1.20. The third kappa shape index (κ3) is 8.25. The molecule has 10 N–H and O–H groups in total.